The van der Waals surface area contributed by atoms with Crippen molar-refractivity contribution in [3.8, 4) is 5.75 Å². The molecule has 0 aliphatic rings. The fraction of sp³-hybridized carbons (Fsp3) is 0.462. The van der Waals surface area contributed by atoms with E-state index in [0.29, 0.717) is 23.0 Å². The summed E-state index contributed by atoms with van der Waals surface area (Å²) in [6, 6.07) is 4.32. The quantitative estimate of drug-likeness (QED) is 0.809. The van der Waals surface area contributed by atoms with E-state index >= 15 is 0 Å². The van der Waals surface area contributed by atoms with Gasteiger partial charge in [0.15, 0.2) is 0 Å². The third kappa shape index (κ3) is 4.86. The van der Waals surface area contributed by atoms with Crippen LogP contribution in [0.5, 0.6) is 5.75 Å². The van der Waals surface area contributed by atoms with Gasteiger partial charge in [-0.2, -0.15) is 0 Å². The molecule has 1 unspecified atom stereocenters. The van der Waals surface area contributed by atoms with Gasteiger partial charge in [-0.25, -0.2) is 0 Å². The molecule has 1 aromatic rings. The van der Waals surface area contributed by atoms with Crippen LogP contribution in [0.3, 0.4) is 0 Å². The van der Waals surface area contributed by atoms with Gasteiger partial charge in [-0.1, -0.05) is 41.4 Å². The smallest absolute Gasteiger partial charge is 0.252 e. The van der Waals surface area contributed by atoms with Gasteiger partial charge in [0.1, 0.15) is 5.75 Å². The first kappa shape index (κ1) is 15.3. The lowest BCUT2D eigenvalue weighted by atomic mass is 10.1. The largest absolute Gasteiger partial charge is 0.508 e. The molecule has 2 N–H and O–H groups in total. The Bertz CT molecular complexity index is 423. The van der Waals surface area contributed by atoms with Crippen LogP contribution in [0.25, 0.3) is 0 Å². The van der Waals surface area contributed by atoms with E-state index in [4.69, 9.17) is 11.6 Å². The predicted molar refractivity (Wildman–Crippen MR) is 77.6 cm³/mol. The van der Waals surface area contributed by atoms with E-state index in [2.05, 4.69) is 35.1 Å². The number of phenols is 1. The van der Waals surface area contributed by atoms with Crippen molar-refractivity contribution in [1.82, 2.24) is 5.32 Å². The predicted octanol–water partition coefficient (Wildman–Crippen LogP) is 3.59. The van der Waals surface area contributed by atoms with Crippen molar-refractivity contribution in [2.24, 2.45) is 5.92 Å². The molecule has 0 saturated carbocycles. The number of phenolic OH excluding ortho intramolecular Hbond substituents is 1. The minimum atomic E-state index is -0.274. The molecule has 1 aromatic carbocycles. The summed E-state index contributed by atoms with van der Waals surface area (Å²) in [7, 11) is 0. The number of nitrogens with one attached hydrogen (secondary N) is 1. The molecular formula is C13H17BrClNO2. The van der Waals surface area contributed by atoms with E-state index < -0.39 is 0 Å². The van der Waals surface area contributed by atoms with Crippen LogP contribution in [-0.2, 0) is 0 Å². The zero-order valence-electron chi connectivity index (χ0n) is 10.4. The van der Waals surface area contributed by atoms with Crippen LogP contribution in [0, 0.1) is 5.92 Å². The molecule has 0 radical (unpaired) electrons. The summed E-state index contributed by atoms with van der Waals surface area (Å²) in [6.07, 6.45) is 0.980. The summed E-state index contributed by atoms with van der Waals surface area (Å²) >= 11 is 9.42. The average molecular weight is 335 g/mol. The maximum absolute atomic E-state index is 11.9. The van der Waals surface area contributed by atoms with Crippen LogP contribution in [0.1, 0.15) is 30.6 Å². The molecule has 18 heavy (non-hydrogen) atoms. The molecule has 1 rings (SSSR count). The van der Waals surface area contributed by atoms with Crippen LogP contribution >= 0.6 is 27.5 Å². The molecule has 1 atom stereocenters. The topological polar surface area (TPSA) is 49.3 Å². The Balaban J connectivity index is 2.58. The number of hydrogen-bond acceptors (Lipinski definition) is 2. The molecule has 0 aromatic heterocycles. The molecule has 0 aliphatic carbocycles. The van der Waals surface area contributed by atoms with Gasteiger partial charge in [0.05, 0.1) is 10.6 Å². The summed E-state index contributed by atoms with van der Waals surface area (Å²) in [5.41, 5.74) is 0.293. The Morgan fingerprint density at radius 3 is 2.78 bits per heavy atom. The zero-order valence-corrected chi connectivity index (χ0v) is 12.8. The van der Waals surface area contributed by atoms with Crippen molar-refractivity contribution in [2.45, 2.75) is 25.1 Å². The molecule has 0 fully saturated rings. The van der Waals surface area contributed by atoms with Gasteiger partial charge >= 0.3 is 0 Å². The van der Waals surface area contributed by atoms with E-state index in [1.54, 1.807) is 0 Å². The summed E-state index contributed by atoms with van der Waals surface area (Å²) in [5.74, 6) is 0.321. The molecule has 0 heterocycles. The number of hydrogen-bond donors (Lipinski definition) is 2. The molecular weight excluding hydrogens is 318 g/mol. The fourth-order valence-corrected chi connectivity index (χ4v) is 2.69. The molecule has 3 nitrogen and oxygen atoms in total. The van der Waals surface area contributed by atoms with Crippen molar-refractivity contribution >= 4 is 33.4 Å². The first-order chi connectivity index (χ1) is 8.40. The number of halogens is 2. The highest BCUT2D eigenvalue weighted by Crippen LogP contribution is 2.21. The number of carbonyl (C=O) groups excluding carboxylic acids is 1. The molecule has 0 spiro atoms. The van der Waals surface area contributed by atoms with Crippen LogP contribution in [0.15, 0.2) is 18.2 Å². The second-order valence-electron chi connectivity index (χ2n) is 4.60. The van der Waals surface area contributed by atoms with E-state index in [9.17, 15) is 9.90 Å². The Hall–Kier alpha value is -0.740. The normalized spacial score (nSPS) is 12.5. The summed E-state index contributed by atoms with van der Waals surface area (Å²) < 4.78 is 0. The van der Waals surface area contributed by atoms with Crippen molar-refractivity contribution in [1.29, 1.82) is 0 Å². The third-order valence-electron chi connectivity index (χ3n) is 2.41. The number of rotatable bonds is 5. The van der Waals surface area contributed by atoms with Gasteiger partial charge in [0, 0.05) is 11.4 Å². The second kappa shape index (κ2) is 7.00. The SMILES string of the molecule is CC(C)CC(Br)CNC(=O)c1cc(O)ccc1Cl. The van der Waals surface area contributed by atoms with Crippen molar-refractivity contribution in [3.63, 3.8) is 0 Å². The third-order valence-corrected chi connectivity index (χ3v) is 3.43. The average Bonchev–Trinajstić information content (AvgIpc) is 2.28. The maximum atomic E-state index is 11.9. The second-order valence-corrected chi connectivity index (χ2v) is 6.30. The minimum absolute atomic E-state index is 0.0297. The Morgan fingerprint density at radius 1 is 1.50 bits per heavy atom. The molecule has 0 saturated heterocycles. The lowest BCUT2D eigenvalue weighted by molar-refractivity contribution is 0.0953. The van der Waals surface area contributed by atoms with Crippen LogP contribution < -0.4 is 5.32 Å². The molecule has 100 valence electrons. The summed E-state index contributed by atoms with van der Waals surface area (Å²) in [6.45, 7) is 4.79. The lowest BCUT2D eigenvalue weighted by Crippen LogP contribution is -2.30. The molecule has 0 aliphatic heterocycles. The highest BCUT2D eigenvalue weighted by Gasteiger charge is 2.13. The molecule has 0 bridgehead atoms. The van der Waals surface area contributed by atoms with Crippen molar-refractivity contribution in [3.05, 3.63) is 28.8 Å². The van der Waals surface area contributed by atoms with Crippen molar-refractivity contribution in [2.75, 3.05) is 6.54 Å². The van der Waals surface area contributed by atoms with Crippen LogP contribution in [-0.4, -0.2) is 22.4 Å². The zero-order chi connectivity index (χ0) is 13.7. The minimum Gasteiger partial charge on any atom is -0.508 e. The van der Waals surface area contributed by atoms with Crippen LogP contribution in [0.2, 0.25) is 5.02 Å². The fourth-order valence-electron chi connectivity index (χ4n) is 1.58. The number of aromatic hydroxyl groups is 1. The first-order valence-corrected chi connectivity index (χ1v) is 7.10. The first-order valence-electron chi connectivity index (χ1n) is 5.81. The number of alkyl halides is 1. The van der Waals surface area contributed by atoms with Gasteiger partial charge in [0.2, 0.25) is 0 Å². The standard InChI is InChI=1S/C13H17BrClNO2/c1-8(2)5-9(14)7-16-13(18)11-6-10(17)3-4-12(11)15/h3-4,6,8-9,17H,5,7H2,1-2H3,(H,16,18). The van der Waals surface area contributed by atoms with Gasteiger partial charge in [0.25, 0.3) is 5.91 Å². The molecule has 5 heteroatoms. The number of carbonyl (C=O) groups is 1. The summed E-state index contributed by atoms with van der Waals surface area (Å²) in [4.78, 5) is 12.1. The van der Waals surface area contributed by atoms with E-state index in [1.165, 1.54) is 18.2 Å². The van der Waals surface area contributed by atoms with E-state index in [1.807, 2.05) is 0 Å². The van der Waals surface area contributed by atoms with Gasteiger partial charge in [-0.15, -0.1) is 0 Å². The Kier molecular flexibility index (Phi) is 5.96. The highest BCUT2D eigenvalue weighted by atomic mass is 79.9. The Labute approximate surface area is 121 Å². The van der Waals surface area contributed by atoms with E-state index in [0.717, 1.165) is 6.42 Å². The van der Waals surface area contributed by atoms with Crippen LogP contribution in [0.4, 0.5) is 0 Å². The number of benzene rings is 1. The number of amides is 1. The lowest BCUT2D eigenvalue weighted by Gasteiger charge is -2.13. The van der Waals surface area contributed by atoms with Gasteiger partial charge < -0.3 is 10.4 Å². The monoisotopic (exact) mass is 333 g/mol. The van der Waals surface area contributed by atoms with E-state index in [-0.39, 0.29) is 16.5 Å². The summed E-state index contributed by atoms with van der Waals surface area (Å²) in [5, 5.41) is 12.5. The maximum Gasteiger partial charge on any atom is 0.252 e. The molecule has 1 amide bonds. The van der Waals surface area contributed by atoms with Gasteiger partial charge in [-0.05, 0) is 30.5 Å². The van der Waals surface area contributed by atoms with Gasteiger partial charge in [-0.3, -0.25) is 4.79 Å². The highest BCUT2D eigenvalue weighted by molar-refractivity contribution is 9.09. The van der Waals surface area contributed by atoms with Crippen molar-refractivity contribution < 1.29 is 9.90 Å². The Morgan fingerprint density at radius 2 is 2.17 bits per heavy atom.